The van der Waals surface area contributed by atoms with Crippen LogP contribution in [0.4, 0.5) is 0 Å². The number of aromatic amines is 1. The maximum Gasteiger partial charge on any atom is 0.291 e. The van der Waals surface area contributed by atoms with Crippen LogP contribution in [0.25, 0.3) is 32.2 Å². The van der Waals surface area contributed by atoms with Crippen molar-refractivity contribution in [1.29, 1.82) is 0 Å². The number of benzene rings is 1. The van der Waals surface area contributed by atoms with Crippen LogP contribution >= 0.6 is 11.3 Å². The molecule has 0 atom stereocenters. The van der Waals surface area contributed by atoms with E-state index in [1.54, 1.807) is 24.0 Å². The second-order valence-corrected chi connectivity index (χ2v) is 9.87. The molecule has 5 rings (SSSR count). The summed E-state index contributed by atoms with van der Waals surface area (Å²) in [6, 6.07) is 5.78. The lowest BCUT2D eigenvalue weighted by Gasteiger charge is -2.07. The number of aryl methyl sites for hydroxylation is 2. The molecule has 1 aromatic carbocycles. The highest BCUT2D eigenvalue weighted by molar-refractivity contribution is 7.89. The molecule has 0 spiro atoms. The Balaban J connectivity index is 1.58. The van der Waals surface area contributed by atoms with Crippen molar-refractivity contribution in [1.82, 2.24) is 29.5 Å². The number of hydrogen-bond donors (Lipinski definition) is 2. The molecule has 12 heteroatoms. The Hall–Kier alpha value is -3.09. The molecule has 0 amide bonds. The third-order valence-corrected chi connectivity index (χ3v) is 6.98. The normalized spacial score (nSPS) is 12.5. The Labute approximate surface area is 174 Å². The maximum absolute atomic E-state index is 13.2. The van der Waals surface area contributed by atoms with E-state index < -0.39 is 10.0 Å². The standard InChI is InChI=1S/C18H17N7O3S2/c1-24-15-12(16-17(24)22-14(29-16)5-6-30(19,27)28)8-21-25(18(15)26)9-10-3-2-4-13-11(10)7-20-23-13/h2-4,7-8H,5-6,9H2,1H3,(H,20,23)(H2,19,27,28). The summed E-state index contributed by atoms with van der Waals surface area (Å²) in [6.07, 6.45) is 3.63. The topological polar surface area (TPSA) is 142 Å². The number of fused-ring (bicyclic) bond motifs is 4. The summed E-state index contributed by atoms with van der Waals surface area (Å²) in [6.45, 7) is 0.317. The summed E-state index contributed by atoms with van der Waals surface area (Å²) in [4.78, 5) is 17.7. The second-order valence-electron chi connectivity index (χ2n) is 7.05. The molecular formula is C18H17N7O3S2. The van der Waals surface area contributed by atoms with Gasteiger partial charge in [-0.1, -0.05) is 12.1 Å². The number of primary sulfonamides is 1. The van der Waals surface area contributed by atoms with Gasteiger partial charge in [0, 0.05) is 24.2 Å². The molecule has 0 fully saturated rings. The van der Waals surface area contributed by atoms with Crippen LogP contribution in [0.5, 0.6) is 0 Å². The Morgan fingerprint density at radius 1 is 1.23 bits per heavy atom. The fourth-order valence-corrected chi connectivity index (χ4v) is 5.32. The third-order valence-electron chi connectivity index (χ3n) is 5.07. The highest BCUT2D eigenvalue weighted by Gasteiger charge is 2.19. The van der Waals surface area contributed by atoms with Crippen LogP contribution in [0.2, 0.25) is 0 Å². The minimum Gasteiger partial charge on any atom is -0.323 e. The van der Waals surface area contributed by atoms with Crippen LogP contribution in [-0.4, -0.2) is 43.7 Å². The number of nitrogens with zero attached hydrogens (tertiary/aromatic N) is 5. The summed E-state index contributed by atoms with van der Waals surface area (Å²) >= 11 is 1.36. The summed E-state index contributed by atoms with van der Waals surface area (Å²) < 4.78 is 26.4. The molecule has 0 aliphatic carbocycles. The van der Waals surface area contributed by atoms with Crippen molar-refractivity contribution in [2.24, 2.45) is 12.2 Å². The fraction of sp³-hybridized carbons (Fsp3) is 0.222. The molecule has 0 saturated heterocycles. The van der Waals surface area contributed by atoms with Crippen LogP contribution in [0.3, 0.4) is 0 Å². The largest absolute Gasteiger partial charge is 0.323 e. The molecule has 30 heavy (non-hydrogen) atoms. The van der Waals surface area contributed by atoms with Gasteiger partial charge in [-0.3, -0.25) is 9.89 Å². The molecule has 10 nitrogen and oxygen atoms in total. The molecule has 5 aromatic rings. The van der Waals surface area contributed by atoms with Crippen molar-refractivity contribution in [3.8, 4) is 0 Å². The highest BCUT2D eigenvalue weighted by atomic mass is 32.2. The van der Waals surface area contributed by atoms with Crippen LogP contribution in [0, 0.1) is 0 Å². The van der Waals surface area contributed by atoms with Crippen LogP contribution < -0.4 is 10.7 Å². The van der Waals surface area contributed by atoms with E-state index in [1.807, 2.05) is 18.2 Å². The van der Waals surface area contributed by atoms with Crippen LogP contribution in [-0.2, 0) is 30.0 Å². The maximum atomic E-state index is 13.2. The number of nitrogens with two attached hydrogens (primary N) is 1. The zero-order valence-corrected chi connectivity index (χ0v) is 17.5. The first-order chi connectivity index (χ1) is 14.3. The molecule has 0 saturated carbocycles. The zero-order chi connectivity index (χ0) is 21.0. The number of thiazole rings is 1. The van der Waals surface area contributed by atoms with Crippen molar-refractivity contribution in [2.45, 2.75) is 13.0 Å². The average molecular weight is 444 g/mol. The van der Waals surface area contributed by atoms with Gasteiger partial charge in [0.15, 0.2) is 5.65 Å². The lowest BCUT2D eigenvalue weighted by Crippen LogP contribution is -2.24. The Kier molecular flexibility index (Phi) is 4.24. The molecule has 3 N–H and O–H groups in total. The van der Waals surface area contributed by atoms with Gasteiger partial charge < -0.3 is 4.57 Å². The predicted octanol–water partition coefficient (Wildman–Crippen LogP) is 1.10. The monoisotopic (exact) mass is 443 g/mol. The first-order valence-corrected chi connectivity index (χ1v) is 11.6. The Morgan fingerprint density at radius 3 is 2.87 bits per heavy atom. The van der Waals surface area contributed by atoms with E-state index in [0.717, 1.165) is 21.2 Å². The van der Waals surface area contributed by atoms with Gasteiger partial charge in [-0.05, 0) is 11.6 Å². The van der Waals surface area contributed by atoms with E-state index in [4.69, 9.17) is 5.14 Å². The minimum absolute atomic E-state index is 0.171. The molecule has 0 bridgehead atoms. The van der Waals surface area contributed by atoms with Gasteiger partial charge in [0.1, 0.15) is 5.52 Å². The number of nitrogens with one attached hydrogen (secondary N) is 1. The van der Waals surface area contributed by atoms with Crippen molar-refractivity contribution in [3.63, 3.8) is 0 Å². The molecule has 4 aromatic heterocycles. The van der Waals surface area contributed by atoms with E-state index in [9.17, 15) is 13.2 Å². The molecular weight excluding hydrogens is 426 g/mol. The van der Waals surface area contributed by atoms with E-state index >= 15 is 0 Å². The second kappa shape index (κ2) is 6.72. The summed E-state index contributed by atoms with van der Waals surface area (Å²) in [7, 11) is -1.79. The van der Waals surface area contributed by atoms with Crippen LogP contribution in [0.15, 0.2) is 35.4 Å². The SMILES string of the molecule is Cn1c2nc(CCS(N)(=O)=O)sc2c2cnn(Cc3cccc4[nH]ncc34)c(=O)c21. The highest BCUT2D eigenvalue weighted by Crippen LogP contribution is 2.31. The van der Waals surface area contributed by atoms with Gasteiger partial charge in [0.25, 0.3) is 5.56 Å². The fourth-order valence-electron chi connectivity index (χ4n) is 3.61. The van der Waals surface area contributed by atoms with E-state index in [0.29, 0.717) is 28.1 Å². The van der Waals surface area contributed by atoms with Crippen molar-refractivity contribution < 1.29 is 8.42 Å². The first kappa shape index (κ1) is 18.9. The number of rotatable bonds is 5. The third kappa shape index (κ3) is 3.09. The Morgan fingerprint density at radius 2 is 2.07 bits per heavy atom. The molecule has 0 aliphatic heterocycles. The number of aromatic nitrogens is 6. The number of H-pyrrole nitrogens is 1. The van der Waals surface area contributed by atoms with Gasteiger partial charge in [-0.15, -0.1) is 11.3 Å². The van der Waals surface area contributed by atoms with Gasteiger partial charge in [0.05, 0.1) is 39.9 Å². The molecule has 154 valence electrons. The minimum atomic E-state index is -3.56. The smallest absolute Gasteiger partial charge is 0.291 e. The van der Waals surface area contributed by atoms with Gasteiger partial charge in [0.2, 0.25) is 10.0 Å². The van der Waals surface area contributed by atoms with Crippen molar-refractivity contribution >= 4 is 53.5 Å². The molecule has 0 radical (unpaired) electrons. The zero-order valence-electron chi connectivity index (χ0n) is 15.9. The van der Waals surface area contributed by atoms with E-state index in [-0.39, 0.29) is 17.7 Å². The number of sulfonamides is 1. The van der Waals surface area contributed by atoms with Gasteiger partial charge in [-0.2, -0.15) is 10.2 Å². The predicted molar refractivity (Wildman–Crippen MR) is 115 cm³/mol. The summed E-state index contributed by atoms with van der Waals surface area (Å²) in [5, 5.41) is 18.7. The lowest BCUT2D eigenvalue weighted by molar-refractivity contribution is 0.597. The lowest BCUT2D eigenvalue weighted by atomic mass is 10.1. The first-order valence-electron chi connectivity index (χ1n) is 9.07. The molecule has 0 aliphatic rings. The molecule has 0 unspecified atom stereocenters. The van der Waals surface area contributed by atoms with E-state index in [2.05, 4.69) is 20.3 Å². The summed E-state index contributed by atoms with van der Waals surface area (Å²) in [5.41, 5.74) is 2.77. The average Bonchev–Trinajstić information content (AvgIpc) is 3.39. The Bertz CT molecular complexity index is 1590. The molecule has 4 heterocycles. The van der Waals surface area contributed by atoms with Crippen molar-refractivity contribution in [3.05, 3.63) is 51.5 Å². The van der Waals surface area contributed by atoms with Gasteiger partial charge >= 0.3 is 0 Å². The number of hydrogen-bond acceptors (Lipinski definition) is 7. The quantitative estimate of drug-likeness (QED) is 0.417. The van der Waals surface area contributed by atoms with Crippen LogP contribution in [0.1, 0.15) is 10.6 Å². The van der Waals surface area contributed by atoms with Crippen molar-refractivity contribution in [2.75, 3.05) is 5.75 Å². The van der Waals surface area contributed by atoms with E-state index in [1.165, 1.54) is 16.0 Å². The van der Waals surface area contributed by atoms with Gasteiger partial charge in [-0.25, -0.2) is 23.2 Å². The summed E-state index contributed by atoms with van der Waals surface area (Å²) in [5.74, 6) is -0.171.